The zero-order valence-electron chi connectivity index (χ0n) is 14.4. The molecule has 2 aromatic heterocycles. The Balaban J connectivity index is 1.67. The number of hydrogen-bond acceptors (Lipinski definition) is 4. The largest absolute Gasteiger partial charge is 0.338 e. The molecule has 1 unspecified atom stereocenters. The van der Waals surface area contributed by atoms with Gasteiger partial charge < -0.3 is 19.4 Å². The molecule has 0 aromatic carbocycles. The Hall–Kier alpha value is -2.38. The first-order valence-corrected chi connectivity index (χ1v) is 8.55. The molecule has 0 bridgehead atoms. The van der Waals surface area contributed by atoms with Crippen molar-refractivity contribution in [3.05, 3.63) is 30.4 Å². The number of amides is 2. The zero-order chi connectivity index (χ0) is 16.9. The third-order valence-electron chi connectivity index (χ3n) is 4.48. The van der Waals surface area contributed by atoms with Crippen molar-refractivity contribution >= 4 is 6.03 Å². The molecule has 24 heavy (non-hydrogen) atoms. The number of nitrogens with one attached hydrogen (secondary N) is 1. The summed E-state index contributed by atoms with van der Waals surface area (Å²) in [6.45, 7) is 4.94. The van der Waals surface area contributed by atoms with Crippen LogP contribution in [0.5, 0.6) is 0 Å². The quantitative estimate of drug-likeness (QED) is 0.897. The van der Waals surface area contributed by atoms with Gasteiger partial charge in [0.2, 0.25) is 0 Å². The maximum absolute atomic E-state index is 12.2. The lowest BCUT2D eigenvalue weighted by molar-refractivity contribution is 0.178. The summed E-state index contributed by atoms with van der Waals surface area (Å²) in [4.78, 5) is 18.1. The van der Waals surface area contributed by atoms with Crippen molar-refractivity contribution in [2.75, 3.05) is 19.6 Å². The number of carbonyl (C=O) groups excluding carboxylic acids is 1. The van der Waals surface area contributed by atoms with Gasteiger partial charge in [0.1, 0.15) is 5.82 Å². The Bertz CT molecular complexity index is 664. The number of hydrogen-bond donors (Lipinski definition) is 1. The smallest absolute Gasteiger partial charge is 0.317 e. The lowest BCUT2D eigenvalue weighted by Gasteiger charge is -2.32. The van der Waals surface area contributed by atoms with Crippen molar-refractivity contribution in [3.8, 4) is 0 Å². The molecule has 1 aliphatic rings. The van der Waals surface area contributed by atoms with E-state index in [0.717, 1.165) is 44.0 Å². The van der Waals surface area contributed by atoms with E-state index in [1.54, 1.807) is 12.5 Å². The fourth-order valence-corrected chi connectivity index (χ4v) is 3.13. The molecular formula is C16H25N7O. The van der Waals surface area contributed by atoms with Crippen molar-refractivity contribution in [3.63, 3.8) is 0 Å². The van der Waals surface area contributed by atoms with E-state index in [-0.39, 0.29) is 11.9 Å². The van der Waals surface area contributed by atoms with Crippen LogP contribution in [-0.2, 0) is 13.6 Å². The molecule has 1 N–H and O–H groups in total. The highest BCUT2D eigenvalue weighted by atomic mass is 16.2. The summed E-state index contributed by atoms with van der Waals surface area (Å²) in [6, 6.07) is 0.0300. The molecule has 3 heterocycles. The average Bonchev–Trinajstić information content (AvgIpc) is 3.24. The molecule has 1 atom stereocenters. The number of rotatable bonds is 5. The standard InChI is InChI=1S/C16H25N7O/c1-3-6-18-16(24)23-8-4-5-13(10-23)15-20-19-14(21(15)2)11-22-9-7-17-12-22/h7,9,12-13H,3-6,8,10-11H2,1-2H3,(H,18,24). The maximum Gasteiger partial charge on any atom is 0.317 e. The van der Waals surface area contributed by atoms with E-state index in [4.69, 9.17) is 0 Å². The Kier molecular flexibility index (Phi) is 5.12. The summed E-state index contributed by atoms with van der Waals surface area (Å²) in [7, 11) is 2.00. The molecule has 3 rings (SSSR count). The van der Waals surface area contributed by atoms with Gasteiger partial charge in [-0.15, -0.1) is 10.2 Å². The Labute approximate surface area is 141 Å². The van der Waals surface area contributed by atoms with Crippen LogP contribution in [0, 0.1) is 0 Å². The molecular weight excluding hydrogens is 306 g/mol. The number of carbonyl (C=O) groups is 1. The minimum Gasteiger partial charge on any atom is -0.338 e. The Morgan fingerprint density at radius 1 is 1.42 bits per heavy atom. The third kappa shape index (κ3) is 3.58. The van der Waals surface area contributed by atoms with Crippen LogP contribution in [0.1, 0.15) is 43.8 Å². The summed E-state index contributed by atoms with van der Waals surface area (Å²) in [5.74, 6) is 2.09. The van der Waals surface area contributed by atoms with Gasteiger partial charge in [0.05, 0.1) is 12.9 Å². The van der Waals surface area contributed by atoms with Gasteiger partial charge in [-0.05, 0) is 19.3 Å². The topological polar surface area (TPSA) is 80.9 Å². The van der Waals surface area contributed by atoms with Crippen LogP contribution in [0.4, 0.5) is 4.79 Å². The van der Waals surface area contributed by atoms with Gasteiger partial charge in [0, 0.05) is 45.0 Å². The van der Waals surface area contributed by atoms with Gasteiger partial charge in [-0.1, -0.05) is 6.92 Å². The zero-order valence-corrected chi connectivity index (χ0v) is 14.4. The summed E-state index contributed by atoms with van der Waals surface area (Å²) in [5, 5.41) is 11.7. The summed E-state index contributed by atoms with van der Waals surface area (Å²) < 4.78 is 4.03. The predicted octanol–water partition coefficient (Wildman–Crippen LogP) is 1.36. The average molecular weight is 331 g/mol. The SMILES string of the molecule is CCCNC(=O)N1CCCC(c2nnc(Cn3ccnc3)n2C)C1. The van der Waals surface area contributed by atoms with Gasteiger partial charge in [-0.25, -0.2) is 9.78 Å². The molecule has 1 aliphatic heterocycles. The van der Waals surface area contributed by atoms with Crippen LogP contribution in [0.15, 0.2) is 18.7 Å². The maximum atomic E-state index is 12.2. The van der Waals surface area contributed by atoms with Gasteiger partial charge in [-0.3, -0.25) is 0 Å². The minimum absolute atomic E-state index is 0.0300. The second kappa shape index (κ2) is 7.46. The molecule has 0 radical (unpaired) electrons. The molecule has 1 saturated heterocycles. The van der Waals surface area contributed by atoms with Crippen molar-refractivity contribution < 1.29 is 4.79 Å². The molecule has 2 aromatic rings. The van der Waals surface area contributed by atoms with E-state index in [1.165, 1.54) is 0 Å². The summed E-state index contributed by atoms with van der Waals surface area (Å²) in [5.41, 5.74) is 0. The first-order chi connectivity index (χ1) is 11.7. The predicted molar refractivity (Wildman–Crippen MR) is 89.6 cm³/mol. The van der Waals surface area contributed by atoms with Crippen molar-refractivity contribution in [2.24, 2.45) is 7.05 Å². The van der Waals surface area contributed by atoms with E-state index >= 15 is 0 Å². The van der Waals surface area contributed by atoms with E-state index in [9.17, 15) is 4.79 Å². The lowest BCUT2D eigenvalue weighted by Crippen LogP contribution is -2.45. The fraction of sp³-hybridized carbons (Fsp3) is 0.625. The number of nitrogens with zero attached hydrogens (tertiary/aromatic N) is 6. The third-order valence-corrected chi connectivity index (χ3v) is 4.48. The van der Waals surface area contributed by atoms with Gasteiger partial charge in [0.25, 0.3) is 0 Å². The fourth-order valence-electron chi connectivity index (χ4n) is 3.13. The molecule has 8 heteroatoms. The normalized spacial score (nSPS) is 17.9. The highest BCUT2D eigenvalue weighted by Gasteiger charge is 2.28. The van der Waals surface area contributed by atoms with E-state index in [0.29, 0.717) is 13.1 Å². The van der Waals surface area contributed by atoms with E-state index < -0.39 is 0 Å². The van der Waals surface area contributed by atoms with Gasteiger partial charge in [-0.2, -0.15) is 0 Å². The molecule has 0 saturated carbocycles. The van der Waals surface area contributed by atoms with Gasteiger partial charge in [0.15, 0.2) is 5.82 Å². The van der Waals surface area contributed by atoms with Crippen molar-refractivity contribution in [1.82, 2.24) is 34.5 Å². The minimum atomic E-state index is 0.0300. The number of imidazole rings is 1. The highest BCUT2D eigenvalue weighted by Crippen LogP contribution is 2.25. The van der Waals surface area contributed by atoms with Crippen LogP contribution >= 0.6 is 0 Å². The molecule has 1 fully saturated rings. The lowest BCUT2D eigenvalue weighted by atomic mass is 9.97. The van der Waals surface area contributed by atoms with Gasteiger partial charge >= 0.3 is 6.03 Å². The molecule has 8 nitrogen and oxygen atoms in total. The molecule has 0 aliphatic carbocycles. The van der Waals surface area contributed by atoms with Crippen LogP contribution in [0.2, 0.25) is 0 Å². The summed E-state index contributed by atoms with van der Waals surface area (Å²) in [6.07, 6.45) is 8.42. The Morgan fingerprint density at radius 3 is 3.04 bits per heavy atom. The van der Waals surface area contributed by atoms with Crippen molar-refractivity contribution in [1.29, 1.82) is 0 Å². The van der Waals surface area contributed by atoms with Crippen LogP contribution in [0.25, 0.3) is 0 Å². The molecule has 130 valence electrons. The number of likely N-dealkylation sites (tertiary alicyclic amines) is 1. The first-order valence-electron chi connectivity index (χ1n) is 8.55. The Morgan fingerprint density at radius 2 is 2.29 bits per heavy atom. The number of aromatic nitrogens is 5. The molecule has 0 spiro atoms. The van der Waals surface area contributed by atoms with Crippen LogP contribution in [0.3, 0.4) is 0 Å². The number of piperidine rings is 1. The second-order valence-corrected chi connectivity index (χ2v) is 6.29. The highest BCUT2D eigenvalue weighted by molar-refractivity contribution is 5.74. The second-order valence-electron chi connectivity index (χ2n) is 6.29. The first kappa shape index (κ1) is 16.5. The van der Waals surface area contributed by atoms with Crippen LogP contribution < -0.4 is 5.32 Å². The molecule has 2 amide bonds. The van der Waals surface area contributed by atoms with Crippen LogP contribution in [-0.4, -0.2) is 54.9 Å². The summed E-state index contributed by atoms with van der Waals surface area (Å²) >= 11 is 0. The van der Waals surface area contributed by atoms with Crippen molar-refractivity contribution in [2.45, 2.75) is 38.6 Å². The monoisotopic (exact) mass is 331 g/mol. The number of urea groups is 1. The van der Waals surface area contributed by atoms with E-state index in [1.807, 2.05) is 22.7 Å². The van der Waals surface area contributed by atoms with E-state index in [2.05, 4.69) is 32.0 Å².